The Labute approximate surface area is 124 Å². The van der Waals surface area contributed by atoms with Gasteiger partial charge < -0.3 is 9.47 Å². The molecule has 3 rings (SSSR count). The van der Waals surface area contributed by atoms with Gasteiger partial charge in [0.25, 0.3) is 0 Å². The third kappa shape index (κ3) is 2.36. The van der Waals surface area contributed by atoms with Gasteiger partial charge in [-0.1, -0.05) is 13.8 Å². The fourth-order valence-corrected chi connectivity index (χ4v) is 4.30. The van der Waals surface area contributed by atoms with Crippen molar-refractivity contribution in [1.29, 1.82) is 0 Å². The van der Waals surface area contributed by atoms with Crippen molar-refractivity contribution in [2.45, 2.75) is 64.6 Å². The van der Waals surface area contributed by atoms with Crippen molar-refractivity contribution in [3.05, 3.63) is 0 Å². The molecule has 1 saturated heterocycles. The number of fused-ring (bicyclic) bond motifs is 1. The highest BCUT2D eigenvalue weighted by molar-refractivity contribution is 5.83. The number of hydrogen-bond donors (Lipinski definition) is 0. The van der Waals surface area contributed by atoms with Crippen LogP contribution in [-0.4, -0.2) is 29.9 Å². The quantitative estimate of drug-likeness (QED) is 0.701. The van der Waals surface area contributed by atoms with Crippen LogP contribution in [0.2, 0.25) is 0 Å². The molecule has 0 amide bonds. The van der Waals surface area contributed by atoms with Gasteiger partial charge in [-0.25, -0.2) is 0 Å². The predicted molar refractivity (Wildman–Crippen MR) is 73.2 cm³/mol. The van der Waals surface area contributed by atoms with E-state index in [1.807, 2.05) is 6.92 Å². The number of carbonyl (C=O) groups excluding carboxylic acids is 3. The SMILES string of the molecule is CCCC(=O)CCC(=O)OC1C2OC(=O)C3CC1(C)CC32. The van der Waals surface area contributed by atoms with Crippen LogP contribution in [0, 0.1) is 17.3 Å². The minimum absolute atomic E-state index is 0.00100. The summed E-state index contributed by atoms with van der Waals surface area (Å²) in [6.07, 6.45) is 2.72. The monoisotopic (exact) mass is 294 g/mol. The lowest BCUT2D eigenvalue weighted by molar-refractivity contribution is -0.166. The van der Waals surface area contributed by atoms with Gasteiger partial charge in [-0.2, -0.15) is 0 Å². The van der Waals surface area contributed by atoms with E-state index in [2.05, 4.69) is 6.92 Å². The van der Waals surface area contributed by atoms with Gasteiger partial charge in [0.2, 0.25) is 0 Å². The summed E-state index contributed by atoms with van der Waals surface area (Å²) in [7, 11) is 0. The van der Waals surface area contributed by atoms with E-state index in [1.54, 1.807) is 0 Å². The summed E-state index contributed by atoms with van der Waals surface area (Å²) >= 11 is 0. The number of carbonyl (C=O) groups is 3. The molecule has 2 saturated carbocycles. The lowest BCUT2D eigenvalue weighted by atomic mass is 9.79. The second-order valence-electron chi connectivity index (χ2n) is 6.93. The molecule has 0 spiro atoms. The van der Waals surface area contributed by atoms with Crippen molar-refractivity contribution < 1.29 is 23.9 Å². The Morgan fingerprint density at radius 2 is 2.05 bits per heavy atom. The van der Waals surface area contributed by atoms with E-state index in [9.17, 15) is 14.4 Å². The molecule has 2 aliphatic carbocycles. The van der Waals surface area contributed by atoms with Crippen LogP contribution >= 0.6 is 0 Å². The molecule has 1 heterocycles. The Morgan fingerprint density at radius 1 is 1.29 bits per heavy atom. The predicted octanol–water partition coefficient (Wildman–Crippen LogP) is 2.02. The molecule has 0 radical (unpaired) electrons. The number of esters is 2. The third-order valence-corrected chi connectivity index (χ3v) is 5.26. The van der Waals surface area contributed by atoms with Crippen molar-refractivity contribution in [3.8, 4) is 0 Å². The van der Waals surface area contributed by atoms with Crippen LogP contribution in [-0.2, 0) is 23.9 Å². The summed E-state index contributed by atoms with van der Waals surface area (Å²) < 4.78 is 11.0. The summed E-state index contributed by atoms with van der Waals surface area (Å²) in [5.74, 6) is -0.174. The fourth-order valence-electron chi connectivity index (χ4n) is 4.30. The van der Waals surface area contributed by atoms with Gasteiger partial charge in [-0.05, 0) is 19.3 Å². The average molecular weight is 294 g/mol. The van der Waals surface area contributed by atoms with E-state index < -0.39 is 0 Å². The molecule has 116 valence electrons. The van der Waals surface area contributed by atoms with Crippen LogP contribution in [0.5, 0.6) is 0 Å². The topological polar surface area (TPSA) is 69.7 Å². The lowest BCUT2D eigenvalue weighted by Crippen LogP contribution is -2.41. The van der Waals surface area contributed by atoms with E-state index in [-0.39, 0.29) is 60.0 Å². The van der Waals surface area contributed by atoms with Crippen molar-refractivity contribution in [2.24, 2.45) is 17.3 Å². The molecular weight excluding hydrogens is 272 g/mol. The minimum Gasteiger partial charge on any atom is -0.458 e. The number of ether oxygens (including phenoxy) is 2. The second kappa shape index (κ2) is 5.11. The Bertz CT molecular complexity index is 485. The highest BCUT2D eigenvalue weighted by Gasteiger charge is 2.68. The third-order valence-electron chi connectivity index (χ3n) is 5.26. The molecule has 3 aliphatic rings. The molecule has 2 bridgehead atoms. The summed E-state index contributed by atoms with van der Waals surface area (Å²) in [5.41, 5.74) is -0.144. The average Bonchev–Trinajstić information content (AvgIpc) is 2.97. The Kier molecular flexibility index (Phi) is 3.54. The summed E-state index contributed by atoms with van der Waals surface area (Å²) in [5, 5.41) is 0. The van der Waals surface area contributed by atoms with Crippen LogP contribution in [0.3, 0.4) is 0 Å². The van der Waals surface area contributed by atoms with Crippen LogP contribution in [0.1, 0.15) is 52.4 Å². The number of rotatable bonds is 6. The fraction of sp³-hybridized carbons (Fsp3) is 0.812. The van der Waals surface area contributed by atoms with Crippen molar-refractivity contribution in [2.75, 3.05) is 0 Å². The summed E-state index contributed by atoms with van der Waals surface area (Å²) in [6, 6.07) is 0. The first-order valence-corrected chi connectivity index (χ1v) is 7.86. The molecular formula is C16H22O5. The standard InChI is InChI=1S/C16H22O5/c1-3-4-9(17)5-6-12(18)20-14-13-10-7-16(14,2)8-11(10)15(19)21-13/h10-11,13-14H,3-8H2,1-2H3. The molecule has 5 unspecified atom stereocenters. The lowest BCUT2D eigenvalue weighted by Gasteiger charge is -2.32. The number of ketones is 1. The summed E-state index contributed by atoms with van der Waals surface area (Å²) in [4.78, 5) is 35.2. The van der Waals surface area contributed by atoms with Crippen molar-refractivity contribution in [1.82, 2.24) is 0 Å². The van der Waals surface area contributed by atoms with Gasteiger partial charge in [-0.3, -0.25) is 14.4 Å². The zero-order chi connectivity index (χ0) is 15.2. The van der Waals surface area contributed by atoms with Gasteiger partial charge in [0, 0.05) is 24.2 Å². The summed E-state index contributed by atoms with van der Waals surface area (Å²) in [6.45, 7) is 4.01. The van der Waals surface area contributed by atoms with Crippen LogP contribution in [0.4, 0.5) is 0 Å². The smallest absolute Gasteiger partial charge is 0.309 e. The van der Waals surface area contributed by atoms with Crippen LogP contribution in [0.15, 0.2) is 0 Å². The van der Waals surface area contributed by atoms with Gasteiger partial charge in [0.05, 0.1) is 12.3 Å². The van der Waals surface area contributed by atoms with E-state index in [4.69, 9.17) is 9.47 Å². The van der Waals surface area contributed by atoms with Crippen molar-refractivity contribution in [3.63, 3.8) is 0 Å². The molecule has 1 aliphatic heterocycles. The van der Waals surface area contributed by atoms with Gasteiger partial charge in [0.15, 0.2) is 0 Å². The van der Waals surface area contributed by atoms with E-state index in [0.29, 0.717) is 6.42 Å². The van der Waals surface area contributed by atoms with Gasteiger partial charge >= 0.3 is 11.9 Å². The minimum atomic E-state index is -0.349. The zero-order valence-corrected chi connectivity index (χ0v) is 12.6. The van der Waals surface area contributed by atoms with Gasteiger partial charge in [0.1, 0.15) is 18.0 Å². The highest BCUT2D eigenvalue weighted by Crippen LogP contribution is 2.62. The Balaban J connectivity index is 1.57. The first-order chi connectivity index (χ1) is 9.94. The maximum Gasteiger partial charge on any atom is 0.309 e. The van der Waals surface area contributed by atoms with E-state index >= 15 is 0 Å². The number of Topliss-reactive ketones (excluding diaryl/α,β-unsaturated/α-hetero) is 1. The molecule has 3 fully saturated rings. The van der Waals surface area contributed by atoms with E-state index in [1.165, 1.54) is 0 Å². The normalized spacial score (nSPS) is 39.4. The molecule has 5 heteroatoms. The highest BCUT2D eigenvalue weighted by atomic mass is 16.6. The first-order valence-electron chi connectivity index (χ1n) is 7.86. The Hall–Kier alpha value is -1.39. The Morgan fingerprint density at radius 3 is 2.76 bits per heavy atom. The maximum atomic E-state index is 12.0. The molecule has 5 nitrogen and oxygen atoms in total. The molecule has 0 aromatic heterocycles. The molecule has 21 heavy (non-hydrogen) atoms. The van der Waals surface area contributed by atoms with E-state index in [0.717, 1.165) is 19.3 Å². The van der Waals surface area contributed by atoms with Crippen LogP contribution in [0.25, 0.3) is 0 Å². The maximum absolute atomic E-state index is 12.0. The molecule has 0 aromatic rings. The first kappa shape index (κ1) is 14.5. The molecule has 5 atom stereocenters. The number of hydrogen-bond acceptors (Lipinski definition) is 5. The van der Waals surface area contributed by atoms with Crippen LogP contribution < -0.4 is 0 Å². The zero-order valence-electron chi connectivity index (χ0n) is 12.6. The van der Waals surface area contributed by atoms with Crippen molar-refractivity contribution >= 4 is 17.7 Å². The molecule has 0 N–H and O–H groups in total. The second-order valence-corrected chi connectivity index (χ2v) is 6.93. The largest absolute Gasteiger partial charge is 0.458 e. The van der Waals surface area contributed by atoms with Gasteiger partial charge in [-0.15, -0.1) is 0 Å². The molecule has 0 aromatic carbocycles.